The van der Waals surface area contributed by atoms with E-state index >= 15 is 0 Å². The third-order valence-electron chi connectivity index (χ3n) is 3.36. The fraction of sp³-hybridized carbons (Fsp3) is 0.278. The third kappa shape index (κ3) is 3.55. The average Bonchev–Trinajstić information content (AvgIpc) is 2.47. The molecule has 0 fully saturated rings. The maximum Gasteiger partial charge on any atom is 0.166 e. The van der Waals surface area contributed by atoms with E-state index in [-0.39, 0.29) is 11.7 Å². The average molecular weight is 267 g/mol. The van der Waals surface area contributed by atoms with Gasteiger partial charge in [0.2, 0.25) is 0 Å². The van der Waals surface area contributed by atoms with Gasteiger partial charge in [-0.1, -0.05) is 61.5 Å². The van der Waals surface area contributed by atoms with Gasteiger partial charge < -0.3 is 4.90 Å². The second kappa shape index (κ2) is 6.49. The van der Waals surface area contributed by atoms with Crippen LogP contribution in [0.25, 0.3) is 11.1 Å². The zero-order valence-electron chi connectivity index (χ0n) is 12.3. The summed E-state index contributed by atoms with van der Waals surface area (Å²) in [6, 6.07) is 18.1. The number of rotatable bonds is 5. The van der Waals surface area contributed by atoms with Gasteiger partial charge in [-0.2, -0.15) is 0 Å². The first-order valence-electron chi connectivity index (χ1n) is 6.92. The summed E-state index contributed by atoms with van der Waals surface area (Å²) >= 11 is 0. The highest BCUT2D eigenvalue weighted by atomic mass is 16.1. The lowest BCUT2D eigenvalue weighted by Crippen LogP contribution is -2.25. The van der Waals surface area contributed by atoms with E-state index in [2.05, 4.69) is 12.1 Å². The van der Waals surface area contributed by atoms with Gasteiger partial charge in [-0.15, -0.1) is 0 Å². The van der Waals surface area contributed by atoms with Crippen molar-refractivity contribution >= 4 is 5.78 Å². The molecule has 2 aromatic rings. The Labute approximate surface area is 121 Å². The van der Waals surface area contributed by atoms with Gasteiger partial charge in [-0.05, 0) is 25.2 Å². The molecule has 0 aliphatic heterocycles. The van der Waals surface area contributed by atoms with Crippen LogP contribution in [0.5, 0.6) is 0 Å². The Morgan fingerprint density at radius 2 is 1.50 bits per heavy atom. The van der Waals surface area contributed by atoms with Crippen molar-refractivity contribution in [2.24, 2.45) is 5.92 Å². The van der Waals surface area contributed by atoms with E-state index in [0.29, 0.717) is 0 Å². The first-order valence-corrected chi connectivity index (χ1v) is 6.92. The number of Topliss-reactive ketones (excluding diaryl/α,β-unsaturated/α-hetero) is 1. The molecule has 2 heteroatoms. The summed E-state index contributed by atoms with van der Waals surface area (Å²) in [5.74, 6) is 0.228. The maximum absolute atomic E-state index is 12.3. The molecule has 0 N–H and O–H groups in total. The Hall–Kier alpha value is -1.93. The van der Waals surface area contributed by atoms with Crippen LogP contribution in [-0.4, -0.2) is 31.3 Å². The molecule has 0 heterocycles. The maximum atomic E-state index is 12.3. The Morgan fingerprint density at radius 3 is 2.05 bits per heavy atom. The number of hydrogen-bond donors (Lipinski definition) is 0. The van der Waals surface area contributed by atoms with Crippen LogP contribution in [0.1, 0.15) is 17.3 Å². The summed E-state index contributed by atoms with van der Waals surface area (Å²) in [6.45, 7) is 2.76. The molecular formula is C18H21NO. The van der Waals surface area contributed by atoms with E-state index in [1.165, 1.54) is 5.56 Å². The van der Waals surface area contributed by atoms with Crippen LogP contribution in [0.3, 0.4) is 0 Å². The van der Waals surface area contributed by atoms with Crippen molar-refractivity contribution in [3.05, 3.63) is 60.2 Å². The summed E-state index contributed by atoms with van der Waals surface area (Å²) in [7, 11) is 3.98. The van der Waals surface area contributed by atoms with Crippen molar-refractivity contribution < 1.29 is 4.79 Å². The van der Waals surface area contributed by atoms with Gasteiger partial charge >= 0.3 is 0 Å². The van der Waals surface area contributed by atoms with Gasteiger partial charge in [0.05, 0.1) is 0 Å². The lowest BCUT2D eigenvalue weighted by atomic mass is 9.96. The minimum Gasteiger partial charge on any atom is -0.309 e. The van der Waals surface area contributed by atoms with Crippen molar-refractivity contribution in [2.45, 2.75) is 6.92 Å². The van der Waals surface area contributed by atoms with Gasteiger partial charge in [0.15, 0.2) is 5.78 Å². The topological polar surface area (TPSA) is 20.3 Å². The standard InChI is InChI=1S/C18H21NO/c1-14(13-19(2)3)18(20)17-11-9-16(10-12-17)15-7-5-4-6-8-15/h4-12,14H,13H2,1-3H3. The summed E-state index contributed by atoms with van der Waals surface area (Å²) in [4.78, 5) is 14.3. The van der Waals surface area contributed by atoms with Crippen LogP contribution in [0, 0.1) is 5.92 Å². The fourth-order valence-electron chi connectivity index (χ4n) is 2.37. The van der Waals surface area contributed by atoms with E-state index < -0.39 is 0 Å². The number of carbonyl (C=O) groups is 1. The highest BCUT2D eigenvalue weighted by Gasteiger charge is 2.15. The van der Waals surface area contributed by atoms with Gasteiger partial charge in [0, 0.05) is 18.0 Å². The molecule has 2 rings (SSSR count). The van der Waals surface area contributed by atoms with Crippen LogP contribution < -0.4 is 0 Å². The molecule has 0 bridgehead atoms. The number of benzene rings is 2. The van der Waals surface area contributed by atoms with E-state index in [0.717, 1.165) is 17.7 Å². The van der Waals surface area contributed by atoms with E-state index in [1.54, 1.807) is 0 Å². The van der Waals surface area contributed by atoms with E-state index in [4.69, 9.17) is 0 Å². The summed E-state index contributed by atoms with van der Waals surface area (Å²) in [5, 5.41) is 0. The molecule has 1 atom stereocenters. The first kappa shape index (κ1) is 14.5. The Bertz CT molecular complexity index is 558. The molecule has 0 saturated heterocycles. The zero-order chi connectivity index (χ0) is 14.5. The van der Waals surface area contributed by atoms with Gasteiger partial charge in [-0.3, -0.25) is 4.79 Å². The second-order valence-electron chi connectivity index (χ2n) is 5.47. The quantitative estimate of drug-likeness (QED) is 0.769. The molecule has 0 spiro atoms. The fourth-order valence-corrected chi connectivity index (χ4v) is 2.37. The molecule has 20 heavy (non-hydrogen) atoms. The monoisotopic (exact) mass is 267 g/mol. The van der Waals surface area contributed by atoms with E-state index in [9.17, 15) is 4.79 Å². The Balaban J connectivity index is 2.14. The molecule has 2 aromatic carbocycles. The van der Waals surface area contributed by atoms with Gasteiger partial charge in [-0.25, -0.2) is 0 Å². The molecule has 104 valence electrons. The number of nitrogens with zero attached hydrogens (tertiary/aromatic N) is 1. The van der Waals surface area contributed by atoms with Crippen molar-refractivity contribution in [2.75, 3.05) is 20.6 Å². The smallest absolute Gasteiger partial charge is 0.166 e. The van der Waals surface area contributed by atoms with Crippen LogP contribution in [0.4, 0.5) is 0 Å². The second-order valence-corrected chi connectivity index (χ2v) is 5.47. The molecule has 0 radical (unpaired) electrons. The number of hydrogen-bond acceptors (Lipinski definition) is 2. The van der Waals surface area contributed by atoms with Crippen LogP contribution in [0.15, 0.2) is 54.6 Å². The van der Waals surface area contributed by atoms with E-state index in [1.807, 2.05) is 68.4 Å². The predicted molar refractivity (Wildman–Crippen MR) is 83.9 cm³/mol. The summed E-state index contributed by atoms with van der Waals surface area (Å²) < 4.78 is 0. The lowest BCUT2D eigenvalue weighted by Gasteiger charge is -2.16. The van der Waals surface area contributed by atoms with Gasteiger partial charge in [0.1, 0.15) is 0 Å². The molecule has 0 aliphatic carbocycles. The summed E-state index contributed by atoms with van der Waals surface area (Å²) in [6.07, 6.45) is 0. The summed E-state index contributed by atoms with van der Waals surface area (Å²) in [5.41, 5.74) is 3.11. The van der Waals surface area contributed by atoms with Gasteiger partial charge in [0.25, 0.3) is 0 Å². The Kier molecular flexibility index (Phi) is 4.70. The predicted octanol–water partition coefficient (Wildman–Crippen LogP) is 3.73. The lowest BCUT2D eigenvalue weighted by molar-refractivity contribution is 0.0910. The van der Waals surface area contributed by atoms with Crippen molar-refractivity contribution in [1.82, 2.24) is 4.90 Å². The molecule has 2 nitrogen and oxygen atoms in total. The van der Waals surface area contributed by atoms with Crippen LogP contribution >= 0.6 is 0 Å². The largest absolute Gasteiger partial charge is 0.309 e. The van der Waals surface area contributed by atoms with Crippen LogP contribution in [-0.2, 0) is 0 Å². The number of ketones is 1. The minimum absolute atomic E-state index is 0.0209. The molecular weight excluding hydrogens is 246 g/mol. The highest BCUT2D eigenvalue weighted by Crippen LogP contribution is 2.20. The third-order valence-corrected chi connectivity index (χ3v) is 3.36. The SMILES string of the molecule is CC(CN(C)C)C(=O)c1ccc(-c2ccccc2)cc1. The number of carbonyl (C=O) groups excluding carboxylic acids is 1. The Morgan fingerprint density at radius 1 is 0.950 bits per heavy atom. The highest BCUT2D eigenvalue weighted by molar-refractivity contribution is 5.98. The zero-order valence-corrected chi connectivity index (χ0v) is 12.3. The van der Waals surface area contributed by atoms with Crippen LogP contribution in [0.2, 0.25) is 0 Å². The molecule has 0 saturated carbocycles. The van der Waals surface area contributed by atoms with Crippen molar-refractivity contribution in [1.29, 1.82) is 0 Å². The molecule has 0 amide bonds. The normalized spacial score (nSPS) is 12.4. The minimum atomic E-state index is 0.0209. The molecule has 0 aromatic heterocycles. The molecule has 1 unspecified atom stereocenters. The van der Waals surface area contributed by atoms with Crippen molar-refractivity contribution in [3.8, 4) is 11.1 Å². The molecule has 0 aliphatic rings. The first-order chi connectivity index (χ1) is 9.58. The van der Waals surface area contributed by atoms with Crippen molar-refractivity contribution in [3.63, 3.8) is 0 Å².